The molecule has 26 heavy (non-hydrogen) atoms. The Balaban J connectivity index is 1.31. The van der Waals surface area contributed by atoms with Gasteiger partial charge in [-0.1, -0.05) is 30.3 Å². The number of nitrogens with zero attached hydrogens (tertiary/aromatic N) is 1. The van der Waals surface area contributed by atoms with Crippen molar-refractivity contribution in [2.75, 3.05) is 13.1 Å². The normalized spacial score (nSPS) is 10.6. The highest BCUT2D eigenvalue weighted by Gasteiger charge is 2.06. The van der Waals surface area contributed by atoms with E-state index in [1.54, 1.807) is 23.5 Å². The predicted molar refractivity (Wildman–Crippen MR) is 104 cm³/mol. The van der Waals surface area contributed by atoms with Crippen molar-refractivity contribution in [3.63, 3.8) is 0 Å². The number of amides is 2. The molecule has 0 atom stereocenters. The Hall–Kier alpha value is -2.73. The van der Waals surface area contributed by atoms with Crippen molar-refractivity contribution in [3.8, 4) is 0 Å². The van der Waals surface area contributed by atoms with Gasteiger partial charge >= 0.3 is 0 Å². The summed E-state index contributed by atoms with van der Waals surface area (Å²) in [5.41, 5.74) is 1.64. The third-order valence-electron chi connectivity index (χ3n) is 3.90. The minimum atomic E-state index is -0.109. The van der Waals surface area contributed by atoms with Crippen LogP contribution in [0, 0.1) is 0 Å². The highest BCUT2D eigenvalue weighted by molar-refractivity contribution is 7.18. The Labute approximate surface area is 156 Å². The van der Waals surface area contributed by atoms with Crippen molar-refractivity contribution in [2.45, 2.75) is 19.3 Å². The molecule has 2 amide bonds. The van der Waals surface area contributed by atoms with E-state index in [0.29, 0.717) is 31.5 Å². The van der Waals surface area contributed by atoms with Gasteiger partial charge in [0.1, 0.15) is 0 Å². The zero-order chi connectivity index (χ0) is 18.2. The largest absolute Gasteiger partial charge is 0.356 e. The van der Waals surface area contributed by atoms with E-state index in [4.69, 9.17) is 0 Å². The van der Waals surface area contributed by atoms with Gasteiger partial charge in [0.05, 0.1) is 15.2 Å². The van der Waals surface area contributed by atoms with Crippen LogP contribution in [0.15, 0.2) is 54.6 Å². The minimum Gasteiger partial charge on any atom is -0.356 e. The van der Waals surface area contributed by atoms with E-state index in [1.165, 1.54) is 4.70 Å². The summed E-state index contributed by atoms with van der Waals surface area (Å²) in [6.07, 6.45) is 1.75. The number of para-hydroxylation sites is 1. The fraction of sp³-hybridized carbons (Fsp3) is 0.250. The smallest absolute Gasteiger partial charge is 0.251 e. The first-order chi connectivity index (χ1) is 12.7. The van der Waals surface area contributed by atoms with Gasteiger partial charge in [-0.15, -0.1) is 11.3 Å². The van der Waals surface area contributed by atoms with Crippen LogP contribution in [0.25, 0.3) is 10.2 Å². The maximum absolute atomic E-state index is 11.9. The summed E-state index contributed by atoms with van der Waals surface area (Å²) in [4.78, 5) is 28.3. The zero-order valence-electron chi connectivity index (χ0n) is 14.4. The lowest BCUT2D eigenvalue weighted by Gasteiger charge is -2.06. The third-order valence-corrected chi connectivity index (χ3v) is 5.00. The molecule has 0 saturated carbocycles. The second kappa shape index (κ2) is 9.10. The molecule has 0 aliphatic rings. The quantitative estimate of drug-likeness (QED) is 0.601. The molecular formula is C20H21N3O2S. The first-order valence-corrected chi connectivity index (χ1v) is 9.48. The molecule has 1 heterocycles. The molecule has 0 bridgehead atoms. The van der Waals surface area contributed by atoms with Crippen LogP contribution in [0.2, 0.25) is 0 Å². The SMILES string of the molecule is O=C(CCCNC(=O)c1ccccc1)NCCc1nc2ccccc2s1. The average Bonchev–Trinajstić information content (AvgIpc) is 3.08. The van der Waals surface area contributed by atoms with Crippen LogP contribution in [0.1, 0.15) is 28.2 Å². The molecule has 3 aromatic rings. The number of fused-ring (bicyclic) bond motifs is 1. The maximum atomic E-state index is 11.9. The molecule has 0 aliphatic carbocycles. The van der Waals surface area contributed by atoms with Gasteiger partial charge in [-0.05, 0) is 30.7 Å². The number of nitrogens with one attached hydrogen (secondary N) is 2. The van der Waals surface area contributed by atoms with Crippen LogP contribution in [0.3, 0.4) is 0 Å². The summed E-state index contributed by atoms with van der Waals surface area (Å²) in [7, 11) is 0. The molecule has 134 valence electrons. The molecule has 0 aliphatic heterocycles. The fourth-order valence-corrected chi connectivity index (χ4v) is 3.53. The van der Waals surface area contributed by atoms with Gasteiger partial charge in [0, 0.05) is 31.5 Å². The van der Waals surface area contributed by atoms with Crippen molar-refractivity contribution in [3.05, 3.63) is 65.2 Å². The van der Waals surface area contributed by atoms with Crippen molar-refractivity contribution < 1.29 is 9.59 Å². The van der Waals surface area contributed by atoms with Crippen molar-refractivity contribution >= 4 is 33.4 Å². The molecule has 0 radical (unpaired) electrons. The van der Waals surface area contributed by atoms with Gasteiger partial charge in [0.25, 0.3) is 5.91 Å². The monoisotopic (exact) mass is 367 g/mol. The van der Waals surface area contributed by atoms with Crippen LogP contribution >= 0.6 is 11.3 Å². The van der Waals surface area contributed by atoms with Gasteiger partial charge in [0.2, 0.25) is 5.91 Å². The van der Waals surface area contributed by atoms with Gasteiger partial charge in [-0.3, -0.25) is 9.59 Å². The van der Waals surface area contributed by atoms with E-state index >= 15 is 0 Å². The highest BCUT2D eigenvalue weighted by Crippen LogP contribution is 2.21. The summed E-state index contributed by atoms with van der Waals surface area (Å²) in [5.74, 6) is -0.109. The molecule has 0 saturated heterocycles. The number of aromatic nitrogens is 1. The Kier molecular flexibility index (Phi) is 6.33. The molecule has 0 spiro atoms. The zero-order valence-corrected chi connectivity index (χ0v) is 15.2. The topological polar surface area (TPSA) is 71.1 Å². The van der Waals surface area contributed by atoms with E-state index in [-0.39, 0.29) is 11.8 Å². The summed E-state index contributed by atoms with van der Waals surface area (Å²) >= 11 is 1.66. The van der Waals surface area contributed by atoms with E-state index in [9.17, 15) is 9.59 Å². The molecule has 6 heteroatoms. The van der Waals surface area contributed by atoms with Gasteiger partial charge in [-0.2, -0.15) is 0 Å². The van der Waals surface area contributed by atoms with E-state index in [1.807, 2.05) is 36.4 Å². The lowest BCUT2D eigenvalue weighted by molar-refractivity contribution is -0.121. The van der Waals surface area contributed by atoms with Crippen molar-refractivity contribution in [1.82, 2.24) is 15.6 Å². The second-order valence-corrected chi connectivity index (χ2v) is 7.02. The van der Waals surface area contributed by atoms with Crippen LogP contribution in [0.5, 0.6) is 0 Å². The molecule has 3 rings (SSSR count). The Morgan fingerprint density at radius 1 is 0.923 bits per heavy atom. The van der Waals surface area contributed by atoms with Gasteiger partial charge in [-0.25, -0.2) is 4.98 Å². The highest BCUT2D eigenvalue weighted by atomic mass is 32.1. The molecule has 0 fully saturated rings. The standard InChI is InChI=1S/C20H21N3O2S/c24-18(11-6-13-22-20(25)15-7-2-1-3-8-15)21-14-12-19-23-16-9-4-5-10-17(16)26-19/h1-5,7-10H,6,11-14H2,(H,21,24)(H,22,25). The second-order valence-electron chi connectivity index (χ2n) is 5.90. The Morgan fingerprint density at radius 2 is 1.69 bits per heavy atom. The average molecular weight is 367 g/mol. The lowest BCUT2D eigenvalue weighted by atomic mass is 10.2. The third kappa shape index (κ3) is 5.13. The van der Waals surface area contributed by atoms with Gasteiger partial charge < -0.3 is 10.6 Å². The Bertz CT molecular complexity index is 844. The number of hydrogen-bond donors (Lipinski definition) is 2. The van der Waals surface area contributed by atoms with Crippen molar-refractivity contribution in [2.24, 2.45) is 0 Å². The summed E-state index contributed by atoms with van der Waals surface area (Å²) in [5, 5.41) is 6.76. The summed E-state index contributed by atoms with van der Waals surface area (Å²) in [6.45, 7) is 1.06. The molecular weight excluding hydrogens is 346 g/mol. The minimum absolute atomic E-state index is 0.0000659. The van der Waals surface area contributed by atoms with Crippen LogP contribution in [0.4, 0.5) is 0 Å². The number of carbonyl (C=O) groups is 2. The van der Waals surface area contributed by atoms with Gasteiger partial charge in [0.15, 0.2) is 0 Å². The lowest BCUT2D eigenvalue weighted by Crippen LogP contribution is -2.28. The number of rotatable bonds is 8. The van der Waals surface area contributed by atoms with Crippen molar-refractivity contribution in [1.29, 1.82) is 0 Å². The molecule has 0 unspecified atom stereocenters. The summed E-state index contributed by atoms with van der Waals surface area (Å²) < 4.78 is 1.17. The maximum Gasteiger partial charge on any atom is 0.251 e. The number of benzene rings is 2. The first-order valence-electron chi connectivity index (χ1n) is 8.67. The molecule has 1 aromatic heterocycles. The van der Waals surface area contributed by atoms with Crippen LogP contribution in [-0.2, 0) is 11.2 Å². The number of thiazole rings is 1. The van der Waals surface area contributed by atoms with E-state index in [2.05, 4.69) is 21.7 Å². The first kappa shape index (κ1) is 18.1. The van der Waals surface area contributed by atoms with E-state index < -0.39 is 0 Å². The van der Waals surface area contributed by atoms with Crippen LogP contribution in [-0.4, -0.2) is 29.9 Å². The van der Waals surface area contributed by atoms with E-state index in [0.717, 1.165) is 16.9 Å². The Morgan fingerprint density at radius 3 is 2.50 bits per heavy atom. The summed E-state index contributed by atoms with van der Waals surface area (Å²) in [6, 6.07) is 17.1. The molecule has 2 N–H and O–H groups in total. The fourth-order valence-electron chi connectivity index (χ4n) is 2.57. The van der Waals surface area contributed by atoms with Crippen LogP contribution < -0.4 is 10.6 Å². The predicted octanol–water partition coefficient (Wildman–Crippen LogP) is 3.17. The number of hydrogen-bond acceptors (Lipinski definition) is 4. The molecule has 5 nitrogen and oxygen atoms in total. The number of carbonyl (C=O) groups excluding carboxylic acids is 2. The molecule has 2 aromatic carbocycles.